The van der Waals surface area contributed by atoms with Crippen LogP contribution in [0.15, 0.2) is 65.1 Å². The first-order chi connectivity index (χ1) is 11.8. The predicted octanol–water partition coefficient (Wildman–Crippen LogP) is 3.40. The number of nitrogens with two attached hydrogens (primary N) is 1. The zero-order chi connectivity index (χ0) is 16.8. The smallest absolute Gasteiger partial charge is 0.158 e. The summed E-state index contributed by atoms with van der Waals surface area (Å²) in [5.41, 5.74) is 1.78. The molecule has 0 fully saturated rings. The lowest BCUT2D eigenvalue weighted by molar-refractivity contribution is -0.671. The lowest BCUT2D eigenvalue weighted by Gasteiger charge is -2.03. The number of hydrogen-bond acceptors (Lipinski definition) is 2. The maximum atomic E-state index is 13.8. The predicted molar refractivity (Wildman–Crippen MR) is 91.3 cm³/mol. The van der Waals surface area contributed by atoms with Crippen molar-refractivity contribution in [3.05, 3.63) is 77.8 Å². The number of halogens is 1. The highest BCUT2D eigenvalue weighted by molar-refractivity contribution is 5.58. The van der Waals surface area contributed by atoms with Gasteiger partial charge >= 0.3 is 0 Å². The summed E-state index contributed by atoms with van der Waals surface area (Å²) in [5.74, 6) is 2.04. The van der Waals surface area contributed by atoms with Crippen LogP contribution in [-0.4, -0.2) is 13.7 Å². The van der Waals surface area contributed by atoms with E-state index >= 15 is 0 Å². The molecule has 0 saturated carbocycles. The van der Waals surface area contributed by atoms with Crippen molar-refractivity contribution in [1.29, 1.82) is 0 Å². The van der Waals surface area contributed by atoms with Crippen molar-refractivity contribution < 1.29 is 18.9 Å². The minimum atomic E-state index is -0.262. The standard InChI is InChI=1S/C20H20FNO2/c1-23-16-8-6-15(7-9-16)12-13-22-14-17-10-11-20(24-17)18-4-2-3-5-19(18)21/h2-11,22H,12-14H2,1H3/p+1. The summed E-state index contributed by atoms with van der Waals surface area (Å²) in [5, 5.41) is 2.19. The fraction of sp³-hybridized carbons (Fsp3) is 0.200. The summed E-state index contributed by atoms with van der Waals surface area (Å²) in [6, 6.07) is 18.5. The number of ether oxygens (including phenoxy) is 1. The van der Waals surface area contributed by atoms with Crippen LogP contribution in [0.3, 0.4) is 0 Å². The third-order valence-corrected chi connectivity index (χ3v) is 3.94. The molecule has 0 amide bonds. The van der Waals surface area contributed by atoms with Crippen molar-refractivity contribution >= 4 is 0 Å². The summed E-state index contributed by atoms with van der Waals surface area (Å²) < 4.78 is 24.7. The number of quaternary nitrogens is 1. The number of benzene rings is 2. The molecule has 124 valence electrons. The zero-order valence-electron chi connectivity index (χ0n) is 13.7. The van der Waals surface area contributed by atoms with Crippen LogP contribution in [0.4, 0.5) is 4.39 Å². The van der Waals surface area contributed by atoms with Gasteiger partial charge in [0.15, 0.2) is 5.76 Å². The van der Waals surface area contributed by atoms with Crippen molar-refractivity contribution in [2.45, 2.75) is 13.0 Å². The second-order valence-electron chi connectivity index (χ2n) is 5.63. The largest absolute Gasteiger partial charge is 0.497 e. The normalized spacial score (nSPS) is 10.8. The molecule has 2 N–H and O–H groups in total. The van der Waals surface area contributed by atoms with Crippen LogP contribution in [0.5, 0.6) is 5.75 Å². The average Bonchev–Trinajstić information content (AvgIpc) is 3.08. The Bertz CT molecular complexity index is 780. The van der Waals surface area contributed by atoms with Crippen molar-refractivity contribution in [1.82, 2.24) is 0 Å². The highest BCUT2D eigenvalue weighted by Crippen LogP contribution is 2.24. The fourth-order valence-corrected chi connectivity index (χ4v) is 2.60. The molecule has 1 heterocycles. The highest BCUT2D eigenvalue weighted by Gasteiger charge is 2.09. The first-order valence-electron chi connectivity index (χ1n) is 8.04. The summed E-state index contributed by atoms with van der Waals surface area (Å²) in [6.07, 6.45) is 0.977. The van der Waals surface area contributed by atoms with Gasteiger partial charge in [-0.25, -0.2) is 4.39 Å². The van der Waals surface area contributed by atoms with Crippen LogP contribution in [0, 0.1) is 5.82 Å². The van der Waals surface area contributed by atoms with E-state index in [1.54, 1.807) is 19.2 Å². The average molecular weight is 326 g/mol. The van der Waals surface area contributed by atoms with Crippen molar-refractivity contribution in [3.63, 3.8) is 0 Å². The lowest BCUT2D eigenvalue weighted by atomic mass is 10.1. The van der Waals surface area contributed by atoms with Gasteiger partial charge in [-0.15, -0.1) is 0 Å². The van der Waals surface area contributed by atoms with Gasteiger partial charge in [-0.1, -0.05) is 24.3 Å². The van der Waals surface area contributed by atoms with Crippen molar-refractivity contribution in [2.75, 3.05) is 13.7 Å². The van der Waals surface area contributed by atoms with Gasteiger partial charge in [0.2, 0.25) is 0 Å². The van der Waals surface area contributed by atoms with E-state index in [2.05, 4.69) is 17.4 Å². The second kappa shape index (κ2) is 7.79. The lowest BCUT2D eigenvalue weighted by Crippen LogP contribution is -2.83. The molecule has 0 radical (unpaired) electrons. The number of furan rings is 1. The Balaban J connectivity index is 1.50. The number of methoxy groups -OCH3 is 1. The van der Waals surface area contributed by atoms with E-state index in [9.17, 15) is 4.39 Å². The highest BCUT2D eigenvalue weighted by atomic mass is 19.1. The Morgan fingerprint density at radius 1 is 1.00 bits per heavy atom. The van der Waals surface area contributed by atoms with Crippen LogP contribution in [0.25, 0.3) is 11.3 Å². The summed E-state index contributed by atoms with van der Waals surface area (Å²) >= 11 is 0. The summed E-state index contributed by atoms with van der Waals surface area (Å²) in [6.45, 7) is 1.70. The fourth-order valence-electron chi connectivity index (χ4n) is 2.60. The maximum Gasteiger partial charge on any atom is 0.158 e. The van der Waals surface area contributed by atoms with Gasteiger partial charge in [-0.3, -0.25) is 0 Å². The van der Waals surface area contributed by atoms with Gasteiger partial charge in [-0.05, 0) is 42.0 Å². The Labute approximate surface area is 141 Å². The van der Waals surface area contributed by atoms with Crippen LogP contribution in [0.2, 0.25) is 0 Å². The monoisotopic (exact) mass is 326 g/mol. The number of rotatable bonds is 7. The molecule has 0 saturated heterocycles. The molecule has 0 aliphatic rings. The van der Waals surface area contributed by atoms with Crippen LogP contribution in [0.1, 0.15) is 11.3 Å². The molecule has 3 nitrogen and oxygen atoms in total. The maximum absolute atomic E-state index is 13.8. The van der Waals surface area contributed by atoms with E-state index < -0.39 is 0 Å². The Morgan fingerprint density at radius 2 is 1.79 bits per heavy atom. The topological polar surface area (TPSA) is 39.0 Å². The molecule has 0 aliphatic heterocycles. The molecule has 24 heavy (non-hydrogen) atoms. The SMILES string of the molecule is COc1ccc(CC[NH2+]Cc2ccc(-c3ccccc3F)o2)cc1. The quantitative estimate of drug-likeness (QED) is 0.676. The Morgan fingerprint density at radius 3 is 2.54 bits per heavy atom. The molecule has 1 aromatic heterocycles. The Hall–Kier alpha value is -2.59. The van der Waals surface area contributed by atoms with Gasteiger partial charge < -0.3 is 14.5 Å². The van der Waals surface area contributed by atoms with E-state index in [0.717, 1.165) is 31.0 Å². The summed E-state index contributed by atoms with van der Waals surface area (Å²) in [7, 11) is 1.67. The second-order valence-corrected chi connectivity index (χ2v) is 5.63. The number of hydrogen-bond donors (Lipinski definition) is 1. The first kappa shape index (κ1) is 16.3. The Kier molecular flexibility index (Phi) is 5.29. The van der Waals surface area contributed by atoms with E-state index in [4.69, 9.17) is 9.15 Å². The van der Waals surface area contributed by atoms with Gasteiger partial charge in [0, 0.05) is 6.42 Å². The molecule has 4 heteroatoms. The molecule has 0 unspecified atom stereocenters. The van der Waals surface area contributed by atoms with Crippen LogP contribution < -0.4 is 10.1 Å². The van der Waals surface area contributed by atoms with Gasteiger partial charge in [0.05, 0.1) is 19.2 Å². The van der Waals surface area contributed by atoms with E-state index in [1.165, 1.54) is 11.6 Å². The molecule has 0 spiro atoms. The molecular weight excluding hydrogens is 305 g/mol. The van der Waals surface area contributed by atoms with E-state index in [-0.39, 0.29) is 5.82 Å². The van der Waals surface area contributed by atoms with Crippen molar-refractivity contribution in [3.8, 4) is 17.1 Å². The molecular formula is C20H21FNO2+. The molecule has 0 atom stereocenters. The minimum Gasteiger partial charge on any atom is -0.497 e. The minimum absolute atomic E-state index is 0.262. The molecule has 3 aromatic rings. The zero-order valence-corrected chi connectivity index (χ0v) is 13.7. The third kappa shape index (κ3) is 4.03. The van der Waals surface area contributed by atoms with Gasteiger partial charge in [-0.2, -0.15) is 0 Å². The third-order valence-electron chi connectivity index (χ3n) is 3.94. The molecule has 0 bridgehead atoms. The van der Waals surface area contributed by atoms with Gasteiger partial charge in [0.1, 0.15) is 23.9 Å². The van der Waals surface area contributed by atoms with Crippen LogP contribution in [-0.2, 0) is 13.0 Å². The van der Waals surface area contributed by atoms with Gasteiger partial charge in [0.25, 0.3) is 0 Å². The van der Waals surface area contributed by atoms with Crippen molar-refractivity contribution in [2.24, 2.45) is 0 Å². The van der Waals surface area contributed by atoms with Crippen LogP contribution >= 0.6 is 0 Å². The summed E-state index contributed by atoms with van der Waals surface area (Å²) in [4.78, 5) is 0. The first-order valence-corrected chi connectivity index (χ1v) is 8.04. The van der Waals surface area contributed by atoms with E-state index in [0.29, 0.717) is 11.3 Å². The molecule has 3 rings (SSSR count). The molecule has 2 aromatic carbocycles. The van der Waals surface area contributed by atoms with E-state index in [1.807, 2.05) is 30.3 Å². The molecule has 0 aliphatic carbocycles.